The fraction of sp³-hybridized carbons (Fsp3) is 0.440. The third-order valence-electron chi connectivity index (χ3n) is 5.38. The molecule has 3 aromatic rings. The Balaban J connectivity index is 1.87. The van der Waals surface area contributed by atoms with E-state index in [4.69, 9.17) is 25.8 Å². The fourth-order valence-electron chi connectivity index (χ4n) is 3.49. The molecule has 0 bridgehead atoms. The van der Waals surface area contributed by atoms with Gasteiger partial charge >= 0.3 is 0 Å². The maximum absolute atomic E-state index is 6.20. The molecule has 0 aliphatic carbocycles. The van der Waals surface area contributed by atoms with Crippen molar-refractivity contribution >= 4 is 45.8 Å². The summed E-state index contributed by atoms with van der Waals surface area (Å²) in [7, 11) is 3.31. The zero-order chi connectivity index (χ0) is 23.8. The molecule has 6 nitrogen and oxygen atoms in total. The van der Waals surface area contributed by atoms with Crippen molar-refractivity contribution in [2.45, 2.75) is 32.3 Å². The third-order valence-corrected chi connectivity index (χ3v) is 6.18. The largest absolute Gasteiger partial charge is 0.497 e. The Hall–Kier alpha value is -2.22. The first-order valence-corrected chi connectivity index (χ1v) is 12.7. The summed E-state index contributed by atoms with van der Waals surface area (Å²) in [6.07, 6.45) is 5.55. The number of fused-ring (bicyclic) bond motifs is 1. The number of rotatable bonds is 12. The van der Waals surface area contributed by atoms with Crippen molar-refractivity contribution in [2.24, 2.45) is 0 Å². The molecule has 178 valence electrons. The first-order chi connectivity index (χ1) is 15.8. The van der Waals surface area contributed by atoms with Crippen molar-refractivity contribution in [1.29, 1.82) is 0 Å². The highest BCUT2D eigenvalue weighted by atomic mass is 35.5. The number of halogens is 1. The lowest BCUT2D eigenvalue weighted by Crippen LogP contribution is -2.27. The van der Waals surface area contributed by atoms with Crippen LogP contribution in [0.2, 0.25) is 5.15 Å². The second-order valence-corrected chi connectivity index (χ2v) is 9.67. The normalized spacial score (nSPS) is 11.6. The minimum atomic E-state index is -0.137. The Labute approximate surface area is 205 Å². The standard InChI is InChI=1S/C25H32ClN3O3S/c1-25(2,9-12-33-5)32-11-6-10-29(19-13-20(30-3)16-21(14-19)31-4)18-7-8-22-23(15-18)28-24(26)17-27-22/h7-8,13-17H,6,9-12H2,1-5H3. The zero-order valence-electron chi connectivity index (χ0n) is 19.9. The van der Waals surface area contributed by atoms with Crippen LogP contribution in [0.1, 0.15) is 26.7 Å². The summed E-state index contributed by atoms with van der Waals surface area (Å²) in [6, 6.07) is 11.9. The van der Waals surface area contributed by atoms with Crippen LogP contribution in [0.15, 0.2) is 42.6 Å². The van der Waals surface area contributed by atoms with Gasteiger partial charge in [0.15, 0.2) is 0 Å². The van der Waals surface area contributed by atoms with Gasteiger partial charge in [-0.15, -0.1) is 0 Å². The molecule has 0 saturated carbocycles. The minimum absolute atomic E-state index is 0.137. The monoisotopic (exact) mass is 489 g/mol. The van der Waals surface area contributed by atoms with Crippen LogP contribution < -0.4 is 14.4 Å². The van der Waals surface area contributed by atoms with Crippen molar-refractivity contribution in [3.63, 3.8) is 0 Å². The van der Waals surface area contributed by atoms with Gasteiger partial charge in [-0.1, -0.05) is 11.6 Å². The lowest BCUT2D eigenvalue weighted by molar-refractivity contribution is -0.0193. The number of nitrogens with zero attached hydrogens (tertiary/aromatic N) is 3. The van der Waals surface area contributed by atoms with Gasteiger partial charge < -0.3 is 19.1 Å². The van der Waals surface area contributed by atoms with Gasteiger partial charge in [-0.05, 0) is 56.9 Å². The van der Waals surface area contributed by atoms with E-state index in [9.17, 15) is 0 Å². The Morgan fingerprint density at radius 1 is 1.00 bits per heavy atom. The molecule has 1 heterocycles. The molecule has 1 aromatic heterocycles. The van der Waals surface area contributed by atoms with Crippen molar-refractivity contribution in [3.8, 4) is 11.5 Å². The maximum Gasteiger partial charge on any atom is 0.148 e. The first-order valence-electron chi connectivity index (χ1n) is 10.9. The Morgan fingerprint density at radius 3 is 2.39 bits per heavy atom. The number of benzene rings is 2. The van der Waals surface area contributed by atoms with E-state index in [0.29, 0.717) is 11.8 Å². The van der Waals surface area contributed by atoms with Crippen LogP contribution in [0.4, 0.5) is 11.4 Å². The Bertz CT molecular complexity index is 1040. The van der Waals surface area contributed by atoms with Crippen LogP contribution in [0.5, 0.6) is 11.5 Å². The average molecular weight is 490 g/mol. The van der Waals surface area contributed by atoms with E-state index in [2.05, 4.69) is 35.0 Å². The molecular weight excluding hydrogens is 458 g/mol. The number of aromatic nitrogens is 2. The molecule has 0 saturated heterocycles. The molecule has 8 heteroatoms. The highest BCUT2D eigenvalue weighted by molar-refractivity contribution is 7.98. The molecule has 0 N–H and O–H groups in total. The van der Waals surface area contributed by atoms with Crippen LogP contribution in [0, 0.1) is 0 Å². The van der Waals surface area contributed by atoms with Gasteiger partial charge in [-0.3, -0.25) is 4.98 Å². The first kappa shape index (κ1) is 25.4. The van der Waals surface area contributed by atoms with E-state index in [0.717, 1.165) is 59.0 Å². The summed E-state index contributed by atoms with van der Waals surface area (Å²) < 4.78 is 17.2. The summed E-state index contributed by atoms with van der Waals surface area (Å²) in [5, 5.41) is 0.370. The molecule has 0 fully saturated rings. The van der Waals surface area contributed by atoms with Gasteiger partial charge in [-0.2, -0.15) is 11.8 Å². The molecule has 2 aromatic carbocycles. The van der Waals surface area contributed by atoms with Crippen LogP contribution in [-0.2, 0) is 4.74 Å². The lowest BCUT2D eigenvalue weighted by atomic mass is 10.1. The van der Waals surface area contributed by atoms with Crippen molar-refractivity contribution in [1.82, 2.24) is 9.97 Å². The highest BCUT2D eigenvalue weighted by Crippen LogP contribution is 2.34. The topological polar surface area (TPSA) is 56.7 Å². The van der Waals surface area contributed by atoms with Crippen LogP contribution in [-0.4, -0.2) is 54.9 Å². The van der Waals surface area contributed by atoms with E-state index in [1.54, 1.807) is 20.4 Å². The SMILES string of the molecule is COc1cc(OC)cc(N(CCCOC(C)(C)CCSC)c2ccc3ncc(Cl)nc3c2)c1. The molecule has 33 heavy (non-hydrogen) atoms. The van der Waals surface area contributed by atoms with Crippen LogP contribution in [0.3, 0.4) is 0 Å². The molecular formula is C25H32ClN3O3S. The second-order valence-electron chi connectivity index (χ2n) is 8.29. The molecule has 0 aliphatic heterocycles. The lowest BCUT2D eigenvalue weighted by Gasteiger charge is -2.28. The van der Waals surface area contributed by atoms with E-state index in [1.165, 1.54) is 0 Å². The highest BCUT2D eigenvalue weighted by Gasteiger charge is 2.18. The summed E-state index contributed by atoms with van der Waals surface area (Å²) in [4.78, 5) is 11.0. The molecule has 3 rings (SSSR count). The van der Waals surface area contributed by atoms with Gasteiger partial charge in [-0.25, -0.2) is 4.98 Å². The van der Waals surface area contributed by atoms with Gasteiger partial charge in [0, 0.05) is 42.7 Å². The second kappa shape index (κ2) is 11.8. The van der Waals surface area contributed by atoms with Crippen molar-refractivity contribution < 1.29 is 14.2 Å². The Kier molecular flexibility index (Phi) is 9.06. The molecule has 0 radical (unpaired) electrons. The summed E-state index contributed by atoms with van der Waals surface area (Å²) in [6.45, 7) is 5.71. The van der Waals surface area contributed by atoms with Crippen LogP contribution >= 0.6 is 23.4 Å². The summed E-state index contributed by atoms with van der Waals surface area (Å²) in [5.74, 6) is 2.54. The number of hydrogen-bond donors (Lipinski definition) is 0. The quantitative estimate of drug-likeness (QED) is 0.274. The minimum Gasteiger partial charge on any atom is -0.497 e. The molecule has 0 unspecified atom stereocenters. The molecule has 0 atom stereocenters. The van der Waals surface area contributed by atoms with E-state index in [1.807, 2.05) is 48.2 Å². The average Bonchev–Trinajstić information content (AvgIpc) is 2.81. The molecule has 0 aliphatic rings. The van der Waals surface area contributed by atoms with Gasteiger partial charge in [0.05, 0.1) is 37.1 Å². The van der Waals surface area contributed by atoms with E-state index in [-0.39, 0.29) is 5.60 Å². The number of anilines is 2. The van der Waals surface area contributed by atoms with E-state index < -0.39 is 0 Å². The number of methoxy groups -OCH3 is 2. The number of ether oxygens (including phenoxy) is 3. The predicted molar refractivity (Wildman–Crippen MR) is 139 cm³/mol. The number of hydrogen-bond acceptors (Lipinski definition) is 7. The summed E-state index contributed by atoms with van der Waals surface area (Å²) >= 11 is 7.93. The molecule has 0 spiro atoms. The maximum atomic E-state index is 6.20. The smallest absolute Gasteiger partial charge is 0.148 e. The van der Waals surface area contributed by atoms with Gasteiger partial charge in [0.1, 0.15) is 16.7 Å². The van der Waals surface area contributed by atoms with Crippen molar-refractivity contribution in [2.75, 3.05) is 44.3 Å². The van der Waals surface area contributed by atoms with Crippen LogP contribution in [0.25, 0.3) is 11.0 Å². The van der Waals surface area contributed by atoms with Gasteiger partial charge in [0.25, 0.3) is 0 Å². The Morgan fingerprint density at radius 2 is 1.73 bits per heavy atom. The van der Waals surface area contributed by atoms with Crippen molar-refractivity contribution in [3.05, 3.63) is 47.7 Å². The fourth-order valence-corrected chi connectivity index (χ4v) is 4.33. The zero-order valence-corrected chi connectivity index (χ0v) is 21.5. The van der Waals surface area contributed by atoms with Gasteiger partial charge in [0.2, 0.25) is 0 Å². The third kappa shape index (κ3) is 7.13. The molecule has 0 amide bonds. The number of thioether (sulfide) groups is 1. The summed E-state index contributed by atoms with van der Waals surface area (Å²) in [5.41, 5.74) is 3.35. The van der Waals surface area contributed by atoms with E-state index >= 15 is 0 Å². The predicted octanol–water partition coefficient (Wildman–Crippen LogP) is 6.38.